The SMILES string of the molecule is C=C(C=O)C(C)C.CNC1CCN(c2nc(Nc3cn(C)nc3OC)c3ncn(C)c3n2)C1. The van der Waals surface area contributed by atoms with Crippen molar-refractivity contribution in [2.75, 3.05) is 37.5 Å². The van der Waals surface area contributed by atoms with Gasteiger partial charge in [0.05, 0.1) is 19.6 Å². The predicted octanol–water partition coefficient (Wildman–Crippen LogP) is 2.04. The van der Waals surface area contributed by atoms with Gasteiger partial charge in [-0.1, -0.05) is 20.4 Å². The second kappa shape index (κ2) is 10.4. The zero-order chi connectivity index (χ0) is 24.1. The third kappa shape index (κ3) is 5.48. The fourth-order valence-electron chi connectivity index (χ4n) is 3.37. The molecular formula is C22H33N9O2. The molecule has 1 saturated heterocycles. The molecule has 4 heterocycles. The van der Waals surface area contributed by atoms with Gasteiger partial charge in [-0.2, -0.15) is 9.97 Å². The molecule has 1 aliphatic heterocycles. The zero-order valence-corrected chi connectivity index (χ0v) is 20.2. The molecule has 1 aliphatic rings. The van der Waals surface area contributed by atoms with E-state index in [1.807, 2.05) is 45.8 Å². The first-order valence-corrected chi connectivity index (χ1v) is 10.9. The van der Waals surface area contributed by atoms with Crippen molar-refractivity contribution in [3.05, 3.63) is 24.7 Å². The van der Waals surface area contributed by atoms with E-state index in [-0.39, 0.29) is 0 Å². The van der Waals surface area contributed by atoms with Gasteiger partial charge in [0.2, 0.25) is 5.95 Å². The molecule has 3 aromatic heterocycles. The summed E-state index contributed by atoms with van der Waals surface area (Å²) in [5.74, 6) is 2.15. The number of anilines is 3. The second-order valence-electron chi connectivity index (χ2n) is 8.32. The van der Waals surface area contributed by atoms with Gasteiger partial charge < -0.3 is 24.8 Å². The summed E-state index contributed by atoms with van der Waals surface area (Å²) in [5.41, 5.74) is 2.90. The minimum absolute atomic E-state index is 0.303. The van der Waals surface area contributed by atoms with Gasteiger partial charge >= 0.3 is 0 Å². The van der Waals surface area contributed by atoms with E-state index in [1.54, 1.807) is 18.1 Å². The largest absolute Gasteiger partial charge is 0.478 e. The lowest BCUT2D eigenvalue weighted by Gasteiger charge is -2.17. The number of aryl methyl sites for hydroxylation is 2. The van der Waals surface area contributed by atoms with Gasteiger partial charge in [0.15, 0.2) is 17.0 Å². The Balaban J connectivity index is 0.000000383. The van der Waals surface area contributed by atoms with Gasteiger partial charge in [-0.3, -0.25) is 9.48 Å². The Labute approximate surface area is 193 Å². The molecule has 0 radical (unpaired) electrons. The Morgan fingerprint density at radius 1 is 1.33 bits per heavy atom. The Bertz CT molecular complexity index is 1120. The van der Waals surface area contributed by atoms with Crippen molar-refractivity contribution < 1.29 is 9.53 Å². The van der Waals surface area contributed by atoms with Gasteiger partial charge in [0, 0.05) is 33.2 Å². The van der Waals surface area contributed by atoms with Crippen LogP contribution in [0.25, 0.3) is 11.2 Å². The Morgan fingerprint density at radius 2 is 2.09 bits per heavy atom. The number of nitrogens with one attached hydrogen (secondary N) is 2. The van der Waals surface area contributed by atoms with Crippen LogP contribution in [0.5, 0.6) is 5.88 Å². The smallest absolute Gasteiger partial charge is 0.256 e. The van der Waals surface area contributed by atoms with Crippen molar-refractivity contribution in [1.29, 1.82) is 0 Å². The van der Waals surface area contributed by atoms with Crippen LogP contribution in [0, 0.1) is 5.92 Å². The predicted molar refractivity (Wildman–Crippen MR) is 129 cm³/mol. The molecule has 0 bridgehead atoms. The fourth-order valence-corrected chi connectivity index (χ4v) is 3.37. The van der Waals surface area contributed by atoms with Gasteiger partial charge in [-0.25, -0.2) is 4.98 Å². The lowest BCUT2D eigenvalue weighted by atomic mass is 10.1. The van der Waals surface area contributed by atoms with Crippen LogP contribution in [0.3, 0.4) is 0 Å². The number of likely N-dealkylation sites (N-methyl/N-ethyl adjacent to an activating group) is 1. The van der Waals surface area contributed by atoms with Crippen molar-refractivity contribution >= 4 is 34.9 Å². The van der Waals surface area contributed by atoms with Gasteiger partial charge in [0.1, 0.15) is 12.0 Å². The minimum Gasteiger partial charge on any atom is -0.478 e. The molecule has 178 valence electrons. The van der Waals surface area contributed by atoms with Gasteiger partial charge in [-0.05, 0) is 25.0 Å². The molecule has 0 amide bonds. The summed E-state index contributed by atoms with van der Waals surface area (Å²) in [6.45, 7) is 9.19. The molecule has 1 atom stereocenters. The number of carbonyl (C=O) groups is 1. The first-order chi connectivity index (χ1) is 15.8. The van der Waals surface area contributed by atoms with Crippen LogP contribution in [0.2, 0.25) is 0 Å². The average molecular weight is 456 g/mol. The molecule has 1 fully saturated rings. The quantitative estimate of drug-likeness (QED) is 0.408. The van der Waals surface area contributed by atoms with Crippen LogP contribution in [0.1, 0.15) is 20.3 Å². The van der Waals surface area contributed by atoms with Crippen molar-refractivity contribution in [3.8, 4) is 5.88 Å². The summed E-state index contributed by atoms with van der Waals surface area (Å²) < 4.78 is 8.92. The van der Waals surface area contributed by atoms with Gasteiger partial charge in [0.25, 0.3) is 5.88 Å². The molecule has 0 aliphatic carbocycles. The topological polar surface area (TPSA) is 115 Å². The third-order valence-electron chi connectivity index (χ3n) is 5.56. The molecule has 0 saturated carbocycles. The number of carbonyl (C=O) groups excluding carboxylic acids is 1. The summed E-state index contributed by atoms with van der Waals surface area (Å²) >= 11 is 0. The van der Waals surface area contributed by atoms with Crippen molar-refractivity contribution in [2.24, 2.45) is 20.0 Å². The van der Waals surface area contributed by atoms with E-state index < -0.39 is 0 Å². The molecule has 1 unspecified atom stereocenters. The van der Waals surface area contributed by atoms with Gasteiger partial charge in [-0.15, -0.1) is 5.10 Å². The number of nitrogens with zero attached hydrogens (tertiary/aromatic N) is 7. The maximum atomic E-state index is 9.85. The standard InChI is InChI=1S/C16H23N9O.C6H10O/c1-17-10-5-6-25(7-10)16-20-13(12-14(21-16)23(2)9-18-12)19-11-8-24(3)22-15(11)26-4;1-5(2)6(3)4-7/h8-10,17H,5-7H2,1-4H3,(H,19,20,21);4-5H,3H2,1-2H3. The van der Waals surface area contributed by atoms with Crippen LogP contribution in [0.15, 0.2) is 24.7 Å². The zero-order valence-electron chi connectivity index (χ0n) is 20.2. The van der Waals surface area contributed by atoms with E-state index in [0.29, 0.717) is 40.7 Å². The van der Waals surface area contributed by atoms with Crippen LogP contribution in [-0.4, -0.2) is 68.9 Å². The number of hydrogen-bond donors (Lipinski definition) is 2. The number of rotatable bonds is 7. The number of hydrogen-bond acceptors (Lipinski definition) is 9. The van der Waals surface area contributed by atoms with E-state index in [1.165, 1.54) is 0 Å². The van der Waals surface area contributed by atoms with Crippen molar-refractivity contribution in [2.45, 2.75) is 26.3 Å². The Hall–Kier alpha value is -3.47. The first kappa shape index (κ1) is 24.2. The molecule has 11 nitrogen and oxygen atoms in total. The van der Waals surface area contributed by atoms with E-state index in [0.717, 1.165) is 37.1 Å². The number of aldehydes is 1. The van der Waals surface area contributed by atoms with Crippen molar-refractivity contribution in [3.63, 3.8) is 0 Å². The lowest BCUT2D eigenvalue weighted by molar-refractivity contribution is -0.105. The first-order valence-electron chi connectivity index (χ1n) is 10.9. The lowest BCUT2D eigenvalue weighted by Crippen LogP contribution is -2.30. The Kier molecular flexibility index (Phi) is 7.64. The van der Waals surface area contributed by atoms with E-state index >= 15 is 0 Å². The minimum atomic E-state index is 0.303. The highest BCUT2D eigenvalue weighted by Gasteiger charge is 2.25. The summed E-state index contributed by atoms with van der Waals surface area (Å²) in [6.07, 6.45) is 5.46. The van der Waals surface area contributed by atoms with Crippen molar-refractivity contribution in [1.82, 2.24) is 34.6 Å². The third-order valence-corrected chi connectivity index (χ3v) is 5.56. The summed E-state index contributed by atoms with van der Waals surface area (Å²) in [6, 6.07) is 0.454. The highest BCUT2D eigenvalue weighted by molar-refractivity contribution is 5.87. The number of imidazole rings is 1. The second-order valence-corrected chi connectivity index (χ2v) is 8.32. The highest BCUT2D eigenvalue weighted by Crippen LogP contribution is 2.30. The number of aromatic nitrogens is 6. The molecule has 33 heavy (non-hydrogen) atoms. The summed E-state index contributed by atoms with van der Waals surface area (Å²) in [5, 5.41) is 10.9. The van der Waals surface area contributed by atoms with E-state index in [4.69, 9.17) is 14.7 Å². The highest BCUT2D eigenvalue weighted by atomic mass is 16.5. The molecule has 2 N–H and O–H groups in total. The Morgan fingerprint density at radius 3 is 2.67 bits per heavy atom. The average Bonchev–Trinajstić information content (AvgIpc) is 3.52. The number of allylic oxidation sites excluding steroid dienone is 1. The molecule has 4 rings (SSSR count). The molecule has 11 heteroatoms. The van der Waals surface area contributed by atoms with Crippen LogP contribution < -0.4 is 20.3 Å². The van der Waals surface area contributed by atoms with E-state index in [9.17, 15) is 4.79 Å². The monoisotopic (exact) mass is 455 g/mol. The maximum absolute atomic E-state index is 9.85. The van der Waals surface area contributed by atoms with Crippen LogP contribution >= 0.6 is 0 Å². The molecule has 0 aromatic carbocycles. The molecule has 3 aromatic rings. The number of ether oxygens (including phenoxy) is 1. The maximum Gasteiger partial charge on any atom is 0.256 e. The molecule has 0 spiro atoms. The summed E-state index contributed by atoms with van der Waals surface area (Å²) in [4.78, 5) is 26.0. The summed E-state index contributed by atoms with van der Waals surface area (Å²) in [7, 11) is 7.36. The fraction of sp³-hybridized carbons (Fsp3) is 0.500. The normalized spacial score (nSPS) is 15.5. The van der Waals surface area contributed by atoms with E-state index in [2.05, 4.69) is 32.2 Å². The van der Waals surface area contributed by atoms with Crippen LogP contribution in [-0.2, 0) is 18.9 Å². The number of methoxy groups -OCH3 is 1. The van der Waals surface area contributed by atoms with Crippen LogP contribution in [0.4, 0.5) is 17.5 Å². The molecular weight excluding hydrogens is 422 g/mol. The number of fused-ring (bicyclic) bond motifs is 1.